The Hall–Kier alpha value is -0.870. The molecule has 102 valence electrons. The van der Waals surface area contributed by atoms with E-state index in [4.69, 9.17) is 0 Å². The average molecular weight is 250 g/mol. The third-order valence-electron chi connectivity index (χ3n) is 4.31. The Bertz CT molecular complexity index is 433. The van der Waals surface area contributed by atoms with E-state index < -0.39 is 0 Å². The van der Waals surface area contributed by atoms with Gasteiger partial charge in [0.05, 0.1) is 5.69 Å². The van der Waals surface area contributed by atoms with E-state index in [9.17, 15) is 0 Å². The predicted molar refractivity (Wildman–Crippen MR) is 74.8 cm³/mol. The second-order valence-electron chi connectivity index (χ2n) is 6.07. The summed E-state index contributed by atoms with van der Waals surface area (Å²) in [7, 11) is 2.03. The molecule has 4 heteroatoms. The maximum absolute atomic E-state index is 4.55. The van der Waals surface area contributed by atoms with Crippen LogP contribution in [-0.2, 0) is 7.05 Å². The zero-order valence-corrected chi connectivity index (χ0v) is 12.5. The molecule has 2 rings (SSSR count). The third kappa shape index (κ3) is 2.19. The van der Waals surface area contributed by atoms with Crippen LogP contribution in [0.25, 0.3) is 0 Å². The highest BCUT2D eigenvalue weighted by molar-refractivity contribution is 5.28. The highest BCUT2D eigenvalue weighted by atomic mass is 15.3. The number of hydrogen-bond donors (Lipinski definition) is 1. The molecule has 1 aliphatic rings. The van der Waals surface area contributed by atoms with E-state index in [2.05, 4.69) is 49.9 Å². The fourth-order valence-corrected chi connectivity index (χ4v) is 3.27. The molecule has 0 saturated carbocycles. The van der Waals surface area contributed by atoms with Gasteiger partial charge in [0.15, 0.2) is 0 Å². The largest absolute Gasteiger partial charge is 0.314 e. The van der Waals surface area contributed by atoms with E-state index in [1.165, 1.54) is 11.3 Å². The summed E-state index contributed by atoms with van der Waals surface area (Å²) in [6.45, 7) is 14.5. The summed E-state index contributed by atoms with van der Waals surface area (Å²) >= 11 is 0. The fraction of sp³-hybridized carbons (Fsp3) is 0.786. The van der Waals surface area contributed by atoms with Gasteiger partial charge in [0.1, 0.15) is 0 Å². The molecule has 0 aliphatic carbocycles. The summed E-state index contributed by atoms with van der Waals surface area (Å²) in [5.74, 6) is 0. The molecule has 0 spiro atoms. The normalized spacial score (nSPS) is 22.1. The summed E-state index contributed by atoms with van der Waals surface area (Å²) in [5, 5.41) is 8.03. The van der Waals surface area contributed by atoms with Crippen LogP contribution < -0.4 is 5.32 Å². The molecule has 0 bridgehead atoms. The van der Waals surface area contributed by atoms with Crippen molar-refractivity contribution >= 4 is 0 Å². The lowest BCUT2D eigenvalue weighted by Gasteiger charge is -2.46. The van der Waals surface area contributed by atoms with Crippen molar-refractivity contribution in [3.8, 4) is 0 Å². The van der Waals surface area contributed by atoms with Gasteiger partial charge in [-0.25, -0.2) is 0 Å². The van der Waals surface area contributed by atoms with Gasteiger partial charge in [-0.2, -0.15) is 5.10 Å². The van der Waals surface area contributed by atoms with E-state index in [-0.39, 0.29) is 5.54 Å². The van der Waals surface area contributed by atoms with Crippen molar-refractivity contribution in [3.63, 3.8) is 0 Å². The van der Waals surface area contributed by atoms with Crippen molar-refractivity contribution in [2.24, 2.45) is 7.05 Å². The molecular formula is C14H26N4. The average Bonchev–Trinajstić information content (AvgIpc) is 2.52. The molecule has 1 unspecified atom stereocenters. The minimum Gasteiger partial charge on any atom is -0.314 e. The van der Waals surface area contributed by atoms with E-state index in [0.717, 1.165) is 25.3 Å². The molecule has 0 radical (unpaired) electrons. The van der Waals surface area contributed by atoms with E-state index >= 15 is 0 Å². The molecule has 0 amide bonds. The van der Waals surface area contributed by atoms with Crippen LogP contribution in [0.15, 0.2) is 0 Å². The number of rotatable bonds is 2. The Kier molecular flexibility index (Phi) is 3.52. The minimum absolute atomic E-state index is 0.201. The quantitative estimate of drug-likeness (QED) is 0.868. The van der Waals surface area contributed by atoms with Crippen LogP contribution in [0.2, 0.25) is 0 Å². The molecular weight excluding hydrogens is 224 g/mol. The second-order valence-corrected chi connectivity index (χ2v) is 6.07. The second kappa shape index (κ2) is 4.67. The van der Waals surface area contributed by atoms with Crippen molar-refractivity contribution in [1.82, 2.24) is 20.0 Å². The minimum atomic E-state index is 0.201. The molecule has 0 aromatic carbocycles. The Morgan fingerprint density at radius 1 is 1.33 bits per heavy atom. The van der Waals surface area contributed by atoms with Crippen molar-refractivity contribution in [2.75, 3.05) is 19.6 Å². The number of nitrogens with zero attached hydrogens (tertiary/aromatic N) is 3. The van der Waals surface area contributed by atoms with Gasteiger partial charge < -0.3 is 5.32 Å². The first-order valence-corrected chi connectivity index (χ1v) is 6.82. The highest BCUT2D eigenvalue weighted by Crippen LogP contribution is 2.32. The molecule has 4 nitrogen and oxygen atoms in total. The maximum atomic E-state index is 4.55. The lowest BCUT2D eigenvalue weighted by atomic mass is 9.94. The van der Waals surface area contributed by atoms with Crippen LogP contribution >= 0.6 is 0 Å². The van der Waals surface area contributed by atoms with Gasteiger partial charge in [0.2, 0.25) is 0 Å². The fourth-order valence-electron chi connectivity index (χ4n) is 3.27. The van der Waals surface area contributed by atoms with Crippen molar-refractivity contribution in [1.29, 1.82) is 0 Å². The van der Waals surface area contributed by atoms with Gasteiger partial charge in [-0.15, -0.1) is 0 Å². The first-order chi connectivity index (χ1) is 8.34. The third-order valence-corrected chi connectivity index (χ3v) is 4.31. The zero-order valence-electron chi connectivity index (χ0n) is 12.5. The topological polar surface area (TPSA) is 33.1 Å². The Balaban J connectivity index is 2.32. The SMILES string of the molecule is Cc1nn(C)c(C)c1C(C)N1CCNCC1(C)C. The molecule has 1 aromatic rings. The molecule has 1 aromatic heterocycles. The summed E-state index contributed by atoms with van der Waals surface area (Å²) in [5.41, 5.74) is 4.05. The molecule has 1 N–H and O–H groups in total. The maximum Gasteiger partial charge on any atom is 0.0644 e. The predicted octanol–water partition coefficient (Wildman–Crippen LogP) is 1.78. The van der Waals surface area contributed by atoms with E-state index in [1.807, 2.05) is 11.7 Å². The Labute approximate surface area is 110 Å². The molecule has 2 heterocycles. The first kappa shape index (κ1) is 13.6. The van der Waals surface area contributed by atoms with E-state index in [1.54, 1.807) is 0 Å². The Morgan fingerprint density at radius 3 is 2.50 bits per heavy atom. The van der Waals surface area contributed by atoms with Crippen molar-refractivity contribution in [3.05, 3.63) is 17.0 Å². The van der Waals surface area contributed by atoms with Crippen LogP contribution in [0, 0.1) is 13.8 Å². The van der Waals surface area contributed by atoms with Gasteiger partial charge in [-0.3, -0.25) is 9.58 Å². The Morgan fingerprint density at radius 2 is 2.00 bits per heavy atom. The van der Waals surface area contributed by atoms with Gasteiger partial charge in [-0.1, -0.05) is 0 Å². The molecule has 1 aliphatic heterocycles. The van der Waals surface area contributed by atoms with Crippen molar-refractivity contribution in [2.45, 2.75) is 46.2 Å². The van der Waals surface area contributed by atoms with Crippen molar-refractivity contribution < 1.29 is 0 Å². The highest BCUT2D eigenvalue weighted by Gasteiger charge is 2.35. The number of piperazine rings is 1. The number of hydrogen-bond acceptors (Lipinski definition) is 3. The van der Waals surface area contributed by atoms with Crippen LogP contribution in [0.5, 0.6) is 0 Å². The van der Waals surface area contributed by atoms with Gasteiger partial charge >= 0.3 is 0 Å². The summed E-state index contributed by atoms with van der Waals surface area (Å²) in [4.78, 5) is 2.60. The van der Waals surface area contributed by atoms with Gasteiger partial charge in [0.25, 0.3) is 0 Å². The van der Waals surface area contributed by atoms with Crippen LogP contribution in [0.3, 0.4) is 0 Å². The monoisotopic (exact) mass is 250 g/mol. The lowest BCUT2D eigenvalue weighted by molar-refractivity contribution is 0.0511. The number of nitrogens with one attached hydrogen (secondary N) is 1. The van der Waals surface area contributed by atoms with Crippen LogP contribution in [0.4, 0.5) is 0 Å². The van der Waals surface area contributed by atoms with Gasteiger partial charge in [-0.05, 0) is 34.6 Å². The van der Waals surface area contributed by atoms with E-state index in [0.29, 0.717) is 6.04 Å². The zero-order chi connectivity index (χ0) is 13.5. The standard InChI is InChI=1S/C14H26N4/c1-10-13(11(2)17(6)16-10)12(3)18-8-7-15-9-14(18,4)5/h12,15H,7-9H2,1-6H3. The summed E-state index contributed by atoms with van der Waals surface area (Å²) in [6, 6.07) is 0.427. The van der Waals surface area contributed by atoms with Crippen LogP contribution in [-0.4, -0.2) is 39.9 Å². The van der Waals surface area contributed by atoms with Gasteiger partial charge in [0, 0.05) is 49.5 Å². The lowest BCUT2D eigenvalue weighted by Crippen LogP contribution is -2.58. The number of aryl methyl sites for hydroxylation is 2. The smallest absolute Gasteiger partial charge is 0.0644 e. The molecule has 1 atom stereocenters. The van der Waals surface area contributed by atoms with Crippen LogP contribution in [0.1, 0.15) is 43.8 Å². The number of aromatic nitrogens is 2. The first-order valence-electron chi connectivity index (χ1n) is 6.82. The molecule has 1 saturated heterocycles. The molecule has 1 fully saturated rings. The molecule has 18 heavy (non-hydrogen) atoms. The summed E-state index contributed by atoms with van der Waals surface area (Å²) < 4.78 is 2.00. The summed E-state index contributed by atoms with van der Waals surface area (Å²) in [6.07, 6.45) is 0.